The summed E-state index contributed by atoms with van der Waals surface area (Å²) in [5.41, 5.74) is 1.27. The van der Waals surface area contributed by atoms with E-state index in [4.69, 9.17) is 0 Å². The summed E-state index contributed by atoms with van der Waals surface area (Å²) in [4.78, 5) is 14.4. The molecular weight excluding hydrogens is 364 g/mol. The molecule has 0 aliphatic carbocycles. The Labute approximate surface area is 160 Å². The van der Waals surface area contributed by atoms with E-state index in [1.54, 1.807) is 6.07 Å². The maximum absolute atomic E-state index is 12.4. The monoisotopic (exact) mass is 388 g/mol. The molecule has 0 aromatic heterocycles. The fraction of sp³-hybridized carbons (Fsp3) is 0.350. The Morgan fingerprint density at radius 1 is 1.04 bits per heavy atom. The van der Waals surface area contributed by atoms with Crippen LogP contribution in [0.25, 0.3) is 0 Å². The summed E-state index contributed by atoms with van der Waals surface area (Å²) in [5, 5.41) is 2.81. The molecule has 0 saturated carbocycles. The van der Waals surface area contributed by atoms with Gasteiger partial charge in [-0.1, -0.05) is 42.5 Å². The molecule has 0 atom stereocenters. The van der Waals surface area contributed by atoms with E-state index in [2.05, 4.69) is 22.3 Å². The Balaban J connectivity index is 1.50. The van der Waals surface area contributed by atoms with Crippen molar-refractivity contribution in [2.75, 3.05) is 19.6 Å². The first-order valence-electron chi connectivity index (χ1n) is 9.04. The highest BCUT2D eigenvalue weighted by Crippen LogP contribution is 2.19. The lowest BCUT2D eigenvalue weighted by Crippen LogP contribution is -2.38. The van der Waals surface area contributed by atoms with Gasteiger partial charge in [0.15, 0.2) is 0 Å². The number of carbonyl (C=O) groups excluding carboxylic acids is 1. The van der Waals surface area contributed by atoms with Crippen LogP contribution in [0.4, 0.5) is 0 Å². The van der Waals surface area contributed by atoms with E-state index in [0.717, 1.165) is 32.5 Å². The van der Waals surface area contributed by atoms with Crippen LogP contribution in [-0.2, 0) is 16.7 Å². The van der Waals surface area contributed by atoms with E-state index in [9.17, 15) is 17.8 Å². The number of nitrogens with one attached hydrogen (secondary N) is 1. The minimum Gasteiger partial charge on any atom is -0.352 e. The Hall–Kier alpha value is -2.22. The molecule has 7 heteroatoms. The molecule has 1 heterocycles. The van der Waals surface area contributed by atoms with Gasteiger partial charge in [-0.2, -0.15) is 8.42 Å². The van der Waals surface area contributed by atoms with Gasteiger partial charge in [0.25, 0.3) is 16.0 Å². The molecular formula is C20H24N2O4S. The van der Waals surface area contributed by atoms with Gasteiger partial charge >= 0.3 is 0 Å². The average Bonchev–Trinajstić information content (AvgIpc) is 2.67. The summed E-state index contributed by atoms with van der Waals surface area (Å²) in [6.45, 7) is 3.37. The van der Waals surface area contributed by atoms with Gasteiger partial charge in [-0.05, 0) is 49.5 Å². The second-order valence-corrected chi connectivity index (χ2v) is 8.28. The molecule has 1 aliphatic heterocycles. The van der Waals surface area contributed by atoms with Crippen molar-refractivity contribution in [1.82, 2.24) is 10.2 Å². The van der Waals surface area contributed by atoms with Gasteiger partial charge in [-0.25, -0.2) is 0 Å². The summed E-state index contributed by atoms with van der Waals surface area (Å²) in [7, 11) is -4.43. The van der Waals surface area contributed by atoms with Crippen molar-refractivity contribution in [2.45, 2.75) is 24.3 Å². The molecule has 1 amide bonds. The van der Waals surface area contributed by atoms with Gasteiger partial charge in [0, 0.05) is 13.1 Å². The largest absolute Gasteiger partial charge is 0.352 e. The zero-order chi connectivity index (χ0) is 19.3. The predicted octanol–water partition coefficient (Wildman–Crippen LogP) is 2.58. The lowest BCUT2D eigenvalue weighted by Gasteiger charge is -2.32. The zero-order valence-electron chi connectivity index (χ0n) is 15.0. The molecule has 2 aromatic carbocycles. The normalized spacial score (nSPS) is 16.2. The molecule has 27 heavy (non-hydrogen) atoms. The van der Waals surface area contributed by atoms with E-state index >= 15 is 0 Å². The molecule has 3 rings (SSSR count). The Morgan fingerprint density at radius 3 is 2.33 bits per heavy atom. The van der Waals surface area contributed by atoms with Crippen LogP contribution in [0.3, 0.4) is 0 Å². The van der Waals surface area contributed by atoms with Crippen molar-refractivity contribution < 1.29 is 17.8 Å². The fourth-order valence-electron chi connectivity index (χ4n) is 3.40. The SMILES string of the molecule is O=C(NCC1CCN(Cc2ccccc2)CC1)c1ccccc1S(=O)(=O)O. The highest BCUT2D eigenvalue weighted by atomic mass is 32.2. The molecule has 144 valence electrons. The highest BCUT2D eigenvalue weighted by Gasteiger charge is 2.22. The van der Waals surface area contributed by atoms with Gasteiger partial charge in [0.2, 0.25) is 0 Å². The topological polar surface area (TPSA) is 86.7 Å². The van der Waals surface area contributed by atoms with Crippen molar-refractivity contribution in [3.8, 4) is 0 Å². The molecule has 0 spiro atoms. The summed E-state index contributed by atoms with van der Waals surface area (Å²) >= 11 is 0. The van der Waals surface area contributed by atoms with Gasteiger partial charge in [0.05, 0.1) is 5.56 Å². The standard InChI is InChI=1S/C20H24N2O4S/c23-20(18-8-4-5-9-19(18)27(24,25)26)21-14-16-10-12-22(13-11-16)15-17-6-2-1-3-7-17/h1-9,16H,10-15H2,(H,21,23)(H,24,25,26). The van der Waals surface area contributed by atoms with Crippen LogP contribution >= 0.6 is 0 Å². The van der Waals surface area contributed by atoms with Gasteiger partial charge in [-0.15, -0.1) is 0 Å². The quantitative estimate of drug-likeness (QED) is 0.743. The number of hydrogen-bond acceptors (Lipinski definition) is 4. The van der Waals surface area contributed by atoms with E-state index in [-0.39, 0.29) is 10.5 Å². The number of rotatable bonds is 6. The Kier molecular flexibility index (Phi) is 6.26. The maximum Gasteiger partial charge on any atom is 0.295 e. The number of carbonyl (C=O) groups is 1. The van der Waals surface area contributed by atoms with Gasteiger partial charge in [0.1, 0.15) is 4.90 Å². The van der Waals surface area contributed by atoms with E-state index in [1.807, 2.05) is 18.2 Å². The van der Waals surface area contributed by atoms with Crippen molar-refractivity contribution in [3.05, 3.63) is 65.7 Å². The number of hydrogen-bond donors (Lipinski definition) is 2. The summed E-state index contributed by atoms with van der Waals surface area (Å²) in [5.74, 6) is -0.117. The van der Waals surface area contributed by atoms with Crippen LogP contribution in [-0.4, -0.2) is 43.4 Å². The van der Waals surface area contributed by atoms with Crippen LogP contribution in [0, 0.1) is 5.92 Å². The molecule has 1 fully saturated rings. The van der Waals surface area contributed by atoms with E-state index < -0.39 is 16.0 Å². The van der Waals surface area contributed by atoms with Crippen LogP contribution in [0.5, 0.6) is 0 Å². The van der Waals surface area contributed by atoms with Crippen molar-refractivity contribution >= 4 is 16.0 Å². The first kappa shape index (κ1) is 19.5. The lowest BCUT2D eigenvalue weighted by atomic mass is 9.96. The molecule has 1 saturated heterocycles. The molecule has 6 nitrogen and oxygen atoms in total. The predicted molar refractivity (Wildman–Crippen MR) is 103 cm³/mol. The van der Waals surface area contributed by atoms with Gasteiger partial charge < -0.3 is 5.32 Å². The lowest BCUT2D eigenvalue weighted by molar-refractivity contribution is 0.0931. The van der Waals surface area contributed by atoms with Crippen LogP contribution in [0.15, 0.2) is 59.5 Å². The second-order valence-electron chi connectivity index (χ2n) is 6.89. The molecule has 2 N–H and O–H groups in total. The molecule has 1 aliphatic rings. The number of benzene rings is 2. The minimum atomic E-state index is -4.43. The Morgan fingerprint density at radius 2 is 1.67 bits per heavy atom. The molecule has 0 unspecified atom stereocenters. The summed E-state index contributed by atoms with van der Waals surface area (Å²) in [6.07, 6.45) is 1.96. The number of nitrogens with zero attached hydrogens (tertiary/aromatic N) is 1. The third-order valence-electron chi connectivity index (χ3n) is 4.92. The summed E-state index contributed by atoms with van der Waals surface area (Å²) in [6, 6.07) is 16.0. The number of piperidine rings is 1. The van der Waals surface area contributed by atoms with Gasteiger partial charge in [-0.3, -0.25) is 14.2 Å². The van der Waals surface area contributed by atoms with Crippen LogP contribution in [0.1, 0.15) is 28.8 Å². The van der Waals surface area contributed by atoms with E-state index in [1.165, 1.54) is 23.8 Å². The second kappa shape index (κ2) is 8.65. The van der Waals surface area contributed by atoms with Crippen molar-refractivity contribution in [1.29, 1.82) is 0 Å². The molecule has 0 bridgehead atoms. The summed E-state index contributed by atoms with van der Waals surface area (Å²) < 4.78 is 32.1. The third-order valence-corrected chi connectivity index (χ3v) is 5.83. The molecule has 2 aromatic rings. The third kappa shape index (κ3) is 5.38. The van der Waals surface area contributed by atoms with Crippen molar-refractivity contribution in [2.24, 2.45) is 5.92 Å². The number of amides is 1. The maximum atomic E-state index is 12.4. The average molecular weight is 388 g/mol. The smallest absolute Gasteiger partial charge is 0.295 e. The molecule has 0 radical (unpaired) electrons. The minimum absolute atomic E-state index is 0.0264. The first-order valence-corrected chi connectivity index (χ1v) is 10.5. The fourth-order valence-corrected chi connectivity index (χ4v) is 4.09. The highest BCUT2D eigenvalue weighted by molar-refractivity contribution is 7.86. The number of likely N-dealkylation sites (tertiary alicyclic amines) is 1. The van der Waals surface area contributed by atoms with E-state index in [0.29, 0.717) is 12.5 Å². The van der Waals surface area contributed by atoms with Crippen LogP contribution in [0.2, 0.25) is 0 Å². The van der Waals surface area contributed by atoms with Crippen molar-refractivity contribution in [3.63, 3.8) is 0 Å². The Bertz CT molecular complexity index is 876. The van der Waals surface area contributed by atoms with Crippen LogP contribution < -0.4 is 5.32 Å². The first-order chi connectivity index (χ1) is 12.9. The zero-order valence-corrected chi connectivity index (χ0v) is 15.9.